The molecule has 0 unspecified atom stereocenters. The Morgan fingerprint density at radius 3 is 1.83 bits per heavy atom. The highest BCUT2D eigenvalue weighted by Gasteiger charge is 2.35. The lowest BCUT2D eigenvalue weighted by Crippen LogP contribution is -2.08. The van der Waals surface area contributed by atoms with Crippen molar-refractivity contribution in [1.82, 2.24) is 9.78 Å². The van der Waals surface area contributed by atoms with Crippen molar-refractivity contribution < 1.29 is 39.2 Å². The SMILES string of the molecule is CS(=O)(=O)c1c(F)cc(-c2cc(C(F)(F)F)nn2-c2cc(F)cc(F)c2)cc1F. The Bertz CT molecular complexity index is 1170. The van der Waals surface area contributed by atoms with Gasteiger partial charge in [-0.3, -0.25) is 0 Å². The molecule has 3 rings (SSSR count). The lowest BCUT2D eigenvalue weighted by atomic mass is 10.1. The Morgan fingerprint density at radius 1 is 0.862 bits per heavy atom. The molecule has 0 fully saturated rings. The van der Waals surface area contributed by atoms with Crippen molar-refractivity contribution in [2.24, 2.45) is 0 Å². The highest BCUT2D eigenvalue weighted by atomic mass is 32.2. The van der Waals surface area contributed by atoms with E-state index in [0.29, 0.717) is 47.3 Å². The van der Waals surface area contributed by atoms with Crippen LogP contribution < -0.4 is 0 Å². The third-order valence-corrected chi connectivity index (χ3v) is 4.89. The smallest absolute Gasteiger partial charge is 0.232 e. The van der Waals surface area contributed by atoms with Crippen LogP contribution >= 0.6 is 0 Å². The second-order valence-corrected chi connectivity index (χ2v) is 7.95. The molecule has 29 heavy (non-hydrogen) atoms. The summed E-state index contributed by atoms with van der Waals surface area (Å²) < 4.78 is 118. The third kappa shape index (κ3) is 4.11. The Kier molecular flexibility index (Phi) is 4.93. The van der Waals surface area contributed by atoms with Crippen LogP contribution in [0.25, 0.3) is 16.9 Å². The van der Waals surface area contributed by atoms with Crippen LogP contribution in [0.1, 0.15) is 5.69 Å². The molecule has 0 aliphatic rings. The quantitative estimate of drug-likeness (QED) is 0.566. The maximum absolute atomic E-state index is 14.2. The summed E-state index contributed by atoms with van der Waals surface area (Å²) in [5, 5.41) is 3.24. The number of rotatable bonds is 3. The minimum absolute atomic E-state index is 0.414. The van der Waals surface area contributed by atoms with Gasteiger partial charge in [0.2, 0.25) is 0 Å². The van der Waals surface area contributed by atoms with Gasteiger partial charge in [0.05, 0.1) is 11.4 Å². The number of alkyl halides is 3. The van der Waals surface area contributed by atoms with Crippen LogP contribution in [0.2, 0.25) is 0 Å². The molecular formula is C17H9F7N2O2S. The van der Waals surface area contributed by atoms with Gasteiger partial charge in [-0.1, -0.05) is 0 Å². The molecule has 0 aliphatic heterocycles. The van der Waals surface area contributed by atoms with Crippen molar-refractivity contribution in [3.05, 3.63) is 65.4 Å². The van der Waals surface area contributed by atoms with E-state index in [2.05, 4.69) is 5.10 Å². The molecular weight excluding hydrogens is 429 g/mol. The molecule has 0 radical (unpaired) electrons. The molecule has 1 heterocycles. The molecule has 2 aromatic carbocycles. The highest BCUT2D eigenvalue weighted by molar-refractivity contribution is 7.90. The monoisotopic (exact) mass is 438 g/mol. The minimum Gasteiger partial charge on any atom is -0.232 e. The minimum atomic E-state index is -4.98. The summed E-state index contributed by atoms with van der Waals surface area (Å²) in [6.45, 7) is 0. The zero-order chi connectivity index (χ0) is 21.7. The molecule has 0 saturated heterocycles. The number of sulfone groups is 1. The zero-order valence-corrected chi connectivity index (χ0v) is 15.0. The maximum Gasteiger partial charge on any atom is 0.435 e. The van der Waals surface area contributed by atoms with Gasteiger partial charge >= 0.3 is 6.18 Å². The molecule has 0 bridgehead atoms. The first-order chi connectivity index (χ1) is 13.3. The van der Waals surface area contributed by atoms with E-state index >= 15 is 0 Å². The molecule has 0 atom stereocenters. The summed E-state index contributed by atoms with van der Waals surface area (Å²) >= 11 is 0. The van der Waals surface area contributed by atoms with Crippen molar-refractivity contribution in [3.63, 3.8) is 0 Å². The fraction of sp³-hybridized carbons (Fsp3) is 0.118. The number of nitrogens with zero attached hydrogens (tertiary/aromatic N) is 2. The van der Waals surface area contributed by atoms with Crippen LogP contribution in [0.3, 0.4) is 0 Å². The van der Waals surface area contributed by atoms with Crippen molar-refractivity contribution in [3.8, 4) is 16.9 Å². The third-order valence-electron chi connectivity index (χ3n) is 3.76. The first-order valence-electron chi connectivity index (χ1n) is 7.60. The van der Waals surface area contributed by atoms with E-state index in [0.717, 1.165) is 0 Å². The van der Waals surface area contributed by atoms with Gasteiger partial charge in [-0.25, -0.2) is 30.7 Å². The average molecular weight is 438 g/mol. The van der Waals surface area contributed by atoms with Gasteiger partial charge in [-0.05, 0) is 30.3 Å². The van der Waals surface area contributed by atoms with Gasteiger partial charge in [0.15, 0.2) is 15.5 Å². The molecule has 12 heteroatoms. The first kappa shape index (κ1) is 20.8. The van der Waals surface area contributed by atoms with Crippen molar-refractivity contribution in [1.29, 1.82) is 0 Å². The van der Waals surface area contributed by atoms with E-state index in [1.54, 1.807) is 0 Å². The van der Waals surface area contributed by atoms with Gasteiger partial charge in [0.1, 0.15) is 28.2 Å². The summed E-state index contributed by atoms with van der Waals surface area (Å²) in [6, 6.07) is 3.19. The first-order valence-corrected chi connectivity index (χ1v) is 9.49. The largest absolute Gasteiger partial charge is 0.435 e. The molecule has 0 aliphatic carbocycles. The zero-order valence-electron chi connectivity index (χ0n) is 14.2. The van der Waals surface area contributed by atoms with Gasteiger partial charge in [0.25, 0.3) is 0 Å². The second-order valence-electron chi connectivity index (χ2n) is 5.99. The van der Waals surface area contributed by atoms with Gasteiger partial charge in [0, 0.05) is 17.9 Å². The van der Waals surface area contributed by atoms with Crippen molar-refractivity contribution in [2.75, 3.05) is 6.26 Å². The number of halogens is 7. The summed E-state index contributed by atoms with van der Waals surface area (Å²) in [7, 11) is -4.31. The summed E-state index contributed by atoms with van der Waals surface area (Å²) in [5.74, 6) is -5.34. The molecule has 154 valence electrons. The summed E-state index contributed by atoms with van der Waals surface area (Å²) in [6.07, 6.45) is -4.43. The molecule has 4 nitrogen and oxygen atoms in total. The van der Waals surface area contributed by atoms with E-state index in [1.165, 1.54) is 0 Å². The molecule has 0 N–H and O–H groups in total. The van der Waals surface area contributed by atoms with Crippen LogP contribution in [0.5, 0.6) is 0 Å². The maximum atomic E-state index is 14.2. The van der Waals surface area contributed by atoms with E-state index in [9.17, 15) is 39.2 Å². The number of benzene rings is 2. The van der Waals surface area contributed by atoms with E-state index in [-0.39, 0.29) is 0 Å². The lowest BCUT2D eigenvalue weighted by molar-refractivity contribution is -0.141. The van der Waals surface area contributed by atoms with Crippen LogP contribution in [-0.4, -0.2) is 24.5 Å². The van der Waals surface area contributed by atoms with Crippen molar-refractivity contribution >= 4 is 9.84 Å². The van der Waals surface area contributed by atoms with Crippen LogP contribution in [0.4, 0.5) is 30.7 Å². The van der Waals surface area contributed by atoms with Crippen LogP contribution in [-0.2, 0) is 16.0 Å². The van der Waals surface area contributed by atoms with E-state index in [4.69, 9.17) is 0 Å². The Morgan fingerprint density at radius 2 is 1.38 bits per heavy atom. The fourth-order valence-corrected chi connectivity index (χ4v) is 3.47. The Balaban J connectivity index is 2.31. The van der Waals surface area contributed by atoms with Crippen molar-refractivity contribution in [2.45, 2.75) is 11.1 Å². The molecule has 0 saturated carbocycles. The topological polar surface area (TPSA) is 52.0 Å². The van der Waals surface area contributed by atoms with Gasteiger partial charge in [-0.2, -0.15) is 18.3 Å². The normalized spacial score (nSPS) is 12.4. The summed E-state index contributed by atoms with van der Waals surface area (Å²) in [5.41, 5.74) is -3.08. The number of aromatic nitrogens is 2. The predicted molar refractivity (Wildman–Crippen MR) is 86.9 cm³/mol. The lowest BCUT2D eigenvalue weighted by Gasteiger charge is -2.10. The highest BCUT2D eigenvalue weighted by Crippen LogP contribution is 2.35. The van der Waals surface area contributed by atoms with Gasteiger partial charge < -0.3 is 0 Å². The van der Waals surface area contributed by atoms with E-state index in [1.807, 2.05) is 0 Å². The fourth-order valence-electron chi connectivity index (χ4n) is 2.65. The molecule has 1 aromatic heterocycles. The summed E-state index contributed by atoms with van der Waals surface area (Å²) in [4.78, 5) is -1.26. The number of hydrogen-bond acceptors (Lipinski definition) is 3. The van der Waals surface area contributed by atoms with Gasteiger partial charge in [-0.15, -0.1) is 0 Å². The van der Waals surface area contributed by atoms with E-state index < -0.39 is 66.8 Å². The Labute approximate surface area is 159 Å². The standard InChI is InChI=1S/C17H9F7N2O2S/c1-29(27,28)16-12(20)2-8(3-13(16)21)14-7-15(17(22,23)24)25-26(14)11-5-9(18)4-10(19)6-11/h2-7H,1H3. The molecule has 3 aromatic rings. The average Bonchev–Trinajstić information content (AvgIpc) is 2.97. The predicted octanol–water partition coefficient (Wildman–Crippen LogP) is 4.52. The second kappa shape index (κ2) is 6.87. The molecule has 0 spiro atoms. The van der Waals surface area contributed by atoms with Crippen LogP contribution in [0.15, 0.2) is 41.3 Å². The van der Waals surface area contributed by atoms with Crippen LogP contribution in [0, 0.1) is 23.3 Å². The number of hydrogen-bond donors (Lipinski definition) is 0. The molecule has 0 amide bonds. The Hall–Kier alpha value is -2.89.